The second kappa shape index (κ2) is 10.2. The Morgan fingerprint density at radius 3 is 2.86 bits per heavy atom. The average Bonchev–Trinajstić information content (AvgIpc) is 2.48. The maximum atomic E-state index is 11.6. The maximum Gasteiger partial charge on any atom is 0.220 e. The summed E-state index contributed by atoms with van der Waals surface area (Å²) in [4.78, 5) is 11.6. The molecule has 1 aromatic rings. The molecule has 0 spiro atoms. The van der Waals surface area contributed by atoms with Crippen LogP contribution in [0.2, 0.25) is 0 Å². The Morgan fingerprint density at radius 2 is 2.14 bits per heavy atom. The van der Waals surface area contributed by atoms with Gasteiger partial charge in [0.15, 0.2) is 0 Å². The molecular weight excluding hydrogens is 268 g/mol. The van der Waals surface area contributed by atoms with Crippen molar-refractivity contribution in [2.24, 2.45) is 5.73 Å². The van der Waals surface area contributed by atoms with E-state index in [0.717, 1.165) is 16.9 Å². The zero-order valence-electron chi connectivity index (χ0n) is 13.0. The molecule has 0 aliphatic heterocycles. The number of carbonyl (C=O) groups is 1. The highest BCUT2D eigenvalue weighted by atomic mass is 16.5. The lowest BCUT2D eigenvalue weighted by atomic mass is 10.1. The van der Waals surface area contributed by atoms with Crippen molar-refractivity contribution in [3.8, 4) is 5.75 Å². The third-order valence-corrected chi connectivity index (χ3v) is 3.00. The molecule has 0 radical (unpaired) electrons. The lowest BCUT2D eigenvalue weighted by Gasteiger charge is -2.13. The Hall–Kier alpha value is -1.59. The number of nitrogens with two attached hydrogens (primary N) is 1. The molecule has 5 heteroatoms. The van der Waals surface area contributed by atoms with E-state index in [1.54, 1.807) is 0 Å². The van der Waals surface area contributed by atoms with Crippen LogP contribution in [0.25, 0.3) is 0 Å². The van der Waals surface area contributed by atoms with Crippen LogP contribution in [0.15, 0.2) is 18.2 Å². The number of nitrogens with one attached hydrogen (secondary N) is 1. The lowest BCUT2D eigenvalue weighted by molar-refractivity contribution is -0.121. The summed E-state index contributed by atoms with van der Waals surface area (Å²) in [5, 5.41) is 2.89. The maximum absolute atomic E-state index is 11.6. The van der Waals surface area contributed by atoms with Gasteiger partial charge in [-0.2, -0.15) is 0 Å². The molecule has 1 aromatic carbocycles. The number of carbonyl (C=O) groups excluding carboxylic acids is 1. The molecule has 0 aliphatic rings. The quantitative estimate of drug-likeness (QED) is 0.645. The molecule has 0 atom stereocenters. The van der Waals surface area contributed by atoms with Crippen LogP contribution in [0.5, 0.6) is 5.75 Å². The second-order valence-corrected chi connectivity index (χ2v) is 4.83. The molecule has 3 N–H and O–H groups in total. The van der Waals surface area contributed by atoms with E-state index in [1.165, 1.54) is 0 Å². The minimum absolute atomic E-state index is 0.0151. The van der Waals surface area contributed by atoms with Crippen LogP contribution < -0.4 is 15.8 Å². The van der Waals surface area contributed by atoms with E-state index in [2.05, 4.69) is 5.32 Å². The van der Waals surface area contributed by atoms with Crippen molar-refractivity contribution < 1.29 is 14.3 Å². The summed E-state index contributed by atoms with van der Waals surface area (Å²) in [5.74, 6) is 0.815. The van der Waals surface area contributed by atoms with Gasteiger partial charge in [-0.1, -0.05) is 12.1 Å². The SMILES string of the molecule is CCOCCOc1cc(C)ccc1CNC(=O)CCCN. The molecule has 0 aromatic heterocycles. The van der Waals surface area contributed by atoms with Gasteiger partial charge < -0.3 is 20.5 Å². The molecule has 0 saturated heterocycles. The highest BCUT2D eigenvalue weighted by molar-refractivity contribution is 5.75. The highest BCUT2D eigenvalue weighted by Gasteiger charge is 2.06. The standard InChI is InChI=1S/C16H26N2O3/c1-3-20-9-10-21-15-11-13(2)6-7-14(15)12-18-16(19)5-4-8-17/h6-7,11H,3-5,8-10,12,17H2,1-2H3,(H,18,19). The van der Waals surface area contributed by atoms with Crippen molar-refractivity contribution >= 4 is 5.91 Å². The number of aryl methyl sites for hydroxylation is 1. The fraction of sp³-hybridized carbons (Fsp3) is 0.562. The topological polar surface area (TPSA) is 73.6 Å². The van der Waals surface area contributed by atoms with Crippen molar-refractivity contribution in [2.45, 2.75) is 33.2 Å². The summed E-state index contributed by atoms with van der Waals surface area (Å²) in [6.45, 7) is 6.71. The van der Waals surface area contributed by atoms with E-state index in [4.69, 9.17) is 15.2 Å². The van der Waals surface area contributed by atoms with Crippen LogP contribution >= 0.6 is 0 Å². The van der Waals surface area contributed by atoms with E-state index in [9.17, 15) is 4.79 Å². The Balaban J connectivity index is 2.53. The summed E-state index contributed by atoms with van der Waals surface area (Å²) in [6.07, 6.45) is 1.17. The van der Waals surface area contributed by atoms with Gasteiger partial charge in [-0.15, -0.1) is 0 Å². The predicted octanol–water partition coefficient (Wildman–Crippen LogP) is 1.77. The van der Waals surface area contributed by atoms with Gasteiger partial charge in [0.2, 0.25) is 5.91 Å². The summed E-state index contributed by atoms with van der Waals surface area (Å²) in [6, 6.07) is 5.97. The first-order valence-corrected chi connectivity index (χ1v) is 7.44. The third kappa shape index (κ3) is 7.11. The molecule has 1 amide bonds. The zero-order chi connectivity index (χ0) is 15.5. The number of hydrogen-bond acceptors (Lipinski definition) is 4. The smallest absolute Gasteiger partial charge is 0.220 e. The van der Waals surface area contributed by atoms with Gasteiger partial charge in [-0.05, 0) is 38.4 Å². The minimum atomic E-state index is 0.0151. The van der Waals surface area contributed by atoms with E-state index >= 15 is 0 Å². The lowest BCUT2D eigenvalue weighted by Crippen LogP contribution is -2.23. The zero-order valence-corrected chi connectivity index (χ0v) is 13.0. The van der Waals surface area contributed by atoms with Gasteiger partial charge in [-0.25, -0.2) is 0 Å². The number of ether oxygens (including phenoxy) is 2. The fourth-order valence-electron chi connectivity index (χ4n) is 1.84. The van der Waals surface area contributed by atoms with Crippen LogP contribution in [-0.2, 0) is 16.1 Å². The Bertz CT molecular complexity index is 436. The van der Waals surface area contributed by atoms with Gasteiger partial charge in [-0.3, -0.25) is 4.79 Å². The van der Waals surface area contributed by atoms with Crippen molar-refractivity contribution in [2.75, 3.05) is 26.4 Å². The van der Waals surface area contributed by atoms with Crippen LogP contribution in [-0.4, -0.2) is 32.3 Å². The number of hydrogen-bond donors (Lipinski definition) is 2. The molecule has 118 valence electrons. The normalized spacial score (nSPS) is 10.4. The molecule has 0 unspecified atom stereocenters. The summed E-state index contributed by atoms with van der Waals surface area (Å²) in [7, 11) is 0. The van der Waals surface area contributed by atoms with Crippen LogP contribution in [0.4, 0.5) is 0 Å². The molecule has 0 bridgehead atoms. The first-order valence-electron chi connectivity index (χ1n) is 7.44. The van der Waals surface area contributed by atoms with E-state index in [1.807, 2.05) is 32.0 Å². The molecule has 0 heterocycles. The van der Waals surface area contributed by atoms with E-state index < -0.39 is 0 Å². The molecule has 1 rings (SSSR count). The van der Waals surface area contributed by atoms with Crippen molar-refractivity contribution in [1.29, 1.82) is 0 Å². The van der Waals surface area contributed by atoms with Gasteiger partial charge >= 0.3 is 0 Å². The van der Waals surface area contributed by atoms with E-state index in [0.29, 0.717) is 45.8 Å². The largest absolute Gasteiger partial charge is 0.491 e. The van der Waals surface area contributed by atoms with E-state index in [-0.39, 0.29) is 5.91 Å². The fourth-order valence-corrected chi connectivity index (χ4v) is 1.84. The van der Waals surface area contributed by atoms with Crippen molar-refractivity contribution in [1.82, 2.24) is 5.32 Å². The molecule has 21 heavy (non-hydrogen) atoms. The number of amides is 1. The third-order valence-electron chi connectivity index (χ3n) is 3.00. The summed E-state index contributed by atoms with van der Waals surface area (Å²) >= 11 is 0. The van der Waals surface area contributed by atoms with Crippen LogP contribution in [0.1, 0.15) is 30.9 Å². The van der Waals surface area contributed by atoms with Gasteiger partial charge in [0.25, 0.3) is 0 Å². The molecule has 5 nitrogen and oxygen atoms in total. The van der Waals surface area contributed by atoms with Crippen LogP contribution in [0, 0.1) is 6.92 Å². The minimum Gasteiger partial charge on any atom is -0.491 e. The molecular formula is C16H26N2O3. The van der Waals surface area contributed by atoms with Gasteiger partial charge in [0.05, 0.1) is 6.61 Å². The summed E-state index contributed by atoms with van der Waals surface area (Å²) in [5.41, 5.74) is 7.49. The number of rotatable bonds is 10. The first-order chi connectivity index (χ1) is 10.2. The Morgan fingerprint density at radius 1 is 1.33 bits per heavy atom. The number of benzene rings is 1. The molecule has 0 saturated carbocycles. The summed E-state index contributed by atoms with van der Waals surface area (Å²) < 4.78 is 11.0. The monoisotopic (exact) mass is 294 g/mol. The van der Waals surface area contributed by atoms with Crippen LogP contribution in [0.3, 0.4) is 0 Å². The predicted molar refractivity (Wildman–Crippen MR) is 83.3 cm³/mol. The molecule has 0 aliphatic carbocycles. The van der Waals surface area contributed by atoms with Gasteiger partial charge in [0.1, 0.15) is 12.4 Å². The van der Waals surface area contributed by atoms with Crippen molar-refractivity contribution in [3.63, 3.8) is 0 Å². The highest BCUT2D eigenvalue weighted by Crippen LogP contribution is 2.20. The first kappa shape index (κ1) is 17.5. The second-order valence-electron chi connectivity index (χ2n) is 4.83. The molecule has 0 fully saturated rings. The van der Waals surface area contributed by atoms with Gasteiger partial charge in [0, 0.05) is 25.1 Å². The Labute approximate surface area is 126 Å². The van der Waals surface area contributed by atoms with Crippen molar-refractivity contribution in [3.05, 3.63) is 29.3 Å². The average molecular weight is 294 g/mol. The Kier molecular flexibility index (Phi) is 8.47.